The number of aliphatic hydroxyl groups is 1. The molecule has 1 rings (SSSR count). The highest BCUT2D eigenvalue weighted by atomic mass is 35.5. The first-order chi connectivity index (χ1) is 9.49. The number of urea groups is 1. The summed E-state index contributed by atoms with van der Waals surface area (Å²) in [7, 11) is 0. The first-order valence-electron chi connectivity index (χ1n) is 6.80. The molecular weight excluding hydrogens is 278 g/mol. The van der Waals surface area contributed by atoms with E-state index < -0.39 is 0 Å². The van der Waals surface area contributed by atoms with E-state index in [0.29, 0.717) is 18.8 Å². The zero-order chi connectivity index (χ0) is 15.1. The lowest BCUT2D eigenvalue weighted by Crippen LogP contribution is -2.38. The van der Waals surface area contributed by atoms with Crippen LogP contribution in [0.2, 0.25) is 5.15 Å². The number of carbonyl (C=O) groups excluding carboxylic acids is 1. The maximum absolute atomic E-state index is 12.2. The second kappa shape index (κ2) is 8.07. The van der Waals surface area contributed by atoms with E-state index in [1.165, 1.54) is 0 Å². The third kappa shape index (κ3) is 4.65. The Balaban J connectivity index is 2.82. The maximum atomic E-state index is 12.2. The zero-order valence-electron chi connectivity index (χ0n) is 12.2. The number of nitrogens with one attached hydrogen (secondary N) is 1. The van der Waals surface area contributed by atoms with Crippen LogP contribution in [-0.2, 0) is 0 Å². The molecule has 0 unspecified atom stereocenters. The largest absolute Gasteiger partial charge is 0.395 e. The molecule has 0 aliphatic carbocycles. The number of rotatable bonds is 6. The summed E-state index contributed by atoms with van der Waals surface area (Å²) in [4.78, 5) is 17.9. The van der Waals surface area contributed by atoms with Crippen molar-refractivity contribution in [3.63, 3.8) is 0 Å². The molecule has 6 heteroatoms. The third-order valence-corrected chi connectivity index (χ3v) is 3.24. The van der Waals surface area contributed by atoms with Crippen LogP contribution in [0.15, 0.2) is 6.07 Å². The summed E-state index contributed by atoms with van der Waals surface area (Å²) in [5.74, 6) is 0. The number of unbranched alkanes of at least 4 members (excludes halogenated alkanes) is 1. The van der Waals surface area contributed by atoms with Gasteiger partial charge >= 0.3 is 6.03 Å². The molecule has 0 fully saturated rings. The van der Waals surface area contributed by atoms with Crippen molar-refractivity contribution in [2.24, 2.45) is 0 Å². The van der Waals surface area contributed by atoms with Crippen molar-refractivity contribution >= 4 is 23.3 Å². The van der Waals surface area contributed by atoms with Crippen LogP contribution in [0.25, 0.3) is 0 Å². The van der Waals surface area contributed by atoms with Crippen molar-refractivity contribution in [2.75, 3.05) is 25.0 Å². The Kier molecular flexibility index (Phi) is 6.75. The standard InChI is InChI=1S/C14H22ClN3O2/c1-4-5-6-18(7-8-19)14(20)17-12-10(2)9-11(3)16-13(12)15/h9,19H,4-8H2,1-3H3,(H,17,20). The summed E-state index contributed by atoms with van der Waals surface area (Å²) in [6.45, 7) is 6.64. The molecule has 0 atom stereocenters. The number of aryl methyl sites for hydroxylation is 2. The van der Waals surface area contributed by atoms with Crippen molar-refractivity contribution in [3.05, 3.63) is 22.5 Å². The smallest absolute Gasteiger partial charge is 0.322 e. The number of aromatic nitrogens is 1. The Hall–Kier alpha value is -1.33. The molecular formula is C14H22ClN3O2. The lowest BCUT2D eigenvalue weighted by atomic mass is 10.2. The second-order valence-corrected chi connectivity index (χ2v) is 5.10. The average molecular weight is 300 g/mol. The topological polar surface area (TPSA) is 65.5 Å². The van der Waals surface area contributed by atoms with Crippen LogP contribution >= 0.6 is 11.6 Å². The summed E-state index contributed by atoms with van der Waals surface area (Å²) in [5.41, 5.74) is 2.21. The Labute approximate surface area is 125 Å². The van der Waals surface area contributed by atoms with Gasteiger partial charge in [0.25, 0.3) is 0 Å². The Bertz CT molecular complexity index is 443. The van der Waals surface area contributed by atoms with Crippen molar-refractivity contribution in [2.45, 2.75) is 33.6 Å². The molecule has 1 aromatic rings. The van der Waals surface area contributed by atoms with Gasteiger partial charge in [0.2, 0.25) is 0 Å². The van der Waals surface area contributed by atoms with Crippen LogP contribution < -0.4 is 5.32 Å². The molecule has 2 N–H and O–H groups in total. The number of aliphatic hydroxyl groups excluding tert-OH is 1. The fourth-order valence-electron chi connectivity index (χ4n) is 1.91. The van der Waals surface area contributed by atoms with Gasteiger partial charge in [-0.2, -0.15) is 0 Å². The molecule has 1 aromatic heterocycles. The number of hydrogen-bond donors (Lipinski definition) is 2. The van der Waals surface area contributed by atoms with Crippen LogP contribution in [0.5, 0.6) is 0 Å². The third-order valence-electron chi connectivity index (χ3n) is 2.97. The van der Waals surface area contributed by atoms with Crippen LogP contribution in [0.3, 0.4) is 0 Å². The molecule has 0 aliphatic heterocycles. The first kappa shape index (κ1) is 16.7. The summed E-state index contributed by atoms with van der Waals surface area (Å²) < 4.78 is 0. The minimum absolute atomic E-state index is 0.0595. The SMILES string of the molecule is CCCCN(CCO)C(=O)Nc1c(C)cc(C)nc1Cl. The molecule has 0 bridgehead atoms. The molecule has 0 spiro atoms. The highest BCUT2D eigenvalue weighted by Crippen LogP contribution is 2.24. The number of carbonyl (C=O) groups is 1. The van der Waals surface area contributed by atoms with Gasteiger partial charge < -0.3 is 15.3 Å². The predicted molar refractivity (Wildman–Crippen MR) is 81.3 cm³/mol. The van der Waals surface area contributed by atoms with Gasteiger partial charge in [-0.3, -0.25) is 0 Å². The van der Waals surface area contributed by atoms with E-state index in [1.807, 2.05) is 19.9 Å². The predicted octanol–water partition coefficient (Wildman–Crippen LogP) is 2.98. The zero-order valence-corrected chi connectivity index (χ0v) is 13.0. The fraction of sp³-hybridized carbons (Fsp3) is 0.571. The lowest BCUT2D eigenvalue weighted by Gasteiger charge is -2.22. The average Bonchev–Trinajstić information content (AvgIpc) is 2.38. The van der Waals surface area contributed by atoms with Gasteiger partial charge in [0, 0.05) is 18.8 Å². The molecule has 0 radical (unpaired) electrons. The van der Waals surface area contributed by atoms with Crippen LogP contribution in [0.1, 0.15) is 31.0 Å². The highest BCUT2D eigenvalue weighted by molar-refractivity contribution is 6.32. The quantitative estimate of drug-likeness (QED) is 0.794. The Morgan fingerprint density at radius 3 is 2.70 bits per heavy atom. The van der Waals surface area contributed by atoms with Gasteiger partial charge in [0.05, 0.1) is 12.3 Å². The van der Waals surface area contributed by atoms with Crippen molar-refractivity contribution < 1.29 is 9.90 Å². The van der Waals surface area contributed by atoms with Gasteiger partial charge in [-0.15, -0.1) is 0 Å². The number of pyridine rings is 1. The minimum Gasteiger partial charge on any atom is -0.395 e. The fourth-order valence-corrected chi connectivity index (χ4v) is 2.24. The van der Waals surface area contributed by atoms with E-state index in [4.69, 9.17) is 16.7 Å². The first-order valence-corrected chi connectivity index (χ1v) is 7.18. The summed E-state index contributed by atoms with van der Waals surface area (Å²) in [6, 6.07) is 1.60. The lowest BCUT2D eigenvalue weighted by molar-refractivity contribution is 0.187. The highest BCUT2D eigenvalue weighted by Gasteiger charge is 2.16. The molecule has 112 valence electrons. The molecule has 2 amide bonds. The summed E-state index contributed by atoms with van der Waals surface area (Å²) in [6.07, 6.45) is 1.88. The number of anilines is 1. The number of amides is 2. The molecule has 0 aliphatic rings. The van der Waals surface area contributed by atoms with Gasteiger partial charge in [-0.1, -0.05) is 24.9 Å². The van der Waals surface area contributed by atoms with E-state index >= 15 is 0 Å². The minimum atomic E-state index is -0.261. The van der Waals surface area contributed by atoms with Crippen LogP contribution in [-0.4, -0.2) is 40.7 Å². The van der Waals surface area contributed by atoms with Gasteiger partial charge in [0.15, 0.2) is 5.15 Å². The van der Waals surface area contributed by atoms with Crippen molar-refractivity contribution in [1.82, 2.24) is 9.88 Å². The Morgan fingerprint density at radius 1 is 1.45 bits per heavy atom. The van der Waals surface area contributed by atoms with E-state index in [2.05, 4.69) is 17.2 Å². The Morgan fingerprint density at radius 2 is 2.15 bits per heavy atom. The number of hydrogen-bond acceptors (Lipinski definition) is 3. The van der Waals surface area contributed by atoms with E-state index in [-0.39, 0.29) is 17.8 Å². The van der Waals surface area contributed by atoms with Gasteiger partial charge in [0.1, 0.15) is 0 Å². The molecule has 20 heavy (non-hydrogen) atoms. The second-order valence-electron chi connectivity index (χ2n) is 4.74. The molecule has 1 heterocycles. The monoisotopic (exact) mass is 299 g/mol. The number of nitrogens with zero attached hydrogens (tertiary/aromatic N) is 2. The molecule has 0 aromatic carbocycles. The maximum Gasteiger partial charge on any atom is 0.322 e. The van der Waals surface area contributed by atoms with Crippen molar-refractivity contribution in [3.8, 4) is 0 Å². The van der Waals surface area contributed by atoms with Crippen molar-refractivity contribution in [1.29, 1.82) is 0 Å². The molecule has 0 saturated heterocycles. The van der Waals surface area contributed by atoms with E-state index in [0.717, 1.165) is 24.1 Å². The van der Waals surface area contributed by atoms with Gasteiger partial charge in [-0.25, -0.2) is 9.78 Å². The van der Waals surface area contributed by atoms with Crippen LogP contribution in [0, 0.1) is 13.8 Å². The molecule has 0 saturated carbocycles. The van der Waals surface area contributed by atoms with Gasteiger partial charge in [-0.05, 0) is 31.9 Å². The summed E-state index contributed by atoms with van der Waals surface area (Å²) in [5, 5.41) is 12.1. The number of halogens is 1. The van der Waals surface area contributed by atoms with E-state index in [9.17, 15) is 4.79 Å². The summed E-state index contributed by atoms with van der Waals surface area (Å²) >= 11 is 6.07. The molecule has 5 nitrogen and oxygen atoms in total. The normalized spacial score (nSPS) is 10.4. The van der Waals surface area contributed by atoms with Crippen LogP contribution in [0.4, 0.5) is 10.5 Å². The van der Waals surface area contributed by atoms with E-state index in [1.54, 1.807) is 4.90 Å².